The third kappa shape index (κ3) is 6.97. The van der Waals surface area contributed by atoms with Crippen LogP contribution in [-0.2, 0) is 19.2 Å². The molecule has 0 saturated carbocycles. The molecule has 0 aromatic heterocycles. The lowest BCUT2D eigenvalue weighted by Gasteiger charge is -2.20. The number of aliphatic hydroxyl groups excluding tert-OH is 2. The van der Waals surface area contributed by atoms with Crippen molar-refractivity contribution in [2.45, 2.75) is 31.0 Å². The number of carbonyl (C=O) groups is 4. The lowest BCUT2D eigenvalue weighted by Crippen LogP contribution is -2.56. The standard InChI is InChI=1S/C11H20N4O7/c12-5(3-16)9(19)15-7(4-17)10(20)14-6(11(21)22)1-2-8(13)18/h5-7,16-17H,1-4,12H2,(H2,13,18)(H,14,20)(H,15,19)(H,21,22). The Kier molecular flexibility index (Phi) is 8.67. The number of nitrogens with two attached hydrogens (primary N) is 2. The van der Waals surface area contributed by atoms with Crippen LogP contribution in [0.4, 0.5) is 0 Å². The molecule has 3 amide bonds. The van der Waals surface area contributed by atoms with E-state index in [4.69, 9.17) is 26.8 Å². The minimum Gasteiger partial charge on any atom is -0.480 e. The maximum Gasteiger partial charge on any atom is 0.326 e. The highest BCUT2D eigenvalue weighted by atomic mass is 16.4. The molecule has 0 radical (unpaired) electrons. The van der Waals surface area contributed by atoms with Gasteiger partial charge in [0.1, 0.15) is 18.1 Å². The summed E-state index contributed by atoms with van der Waals surface area (Å²) in [7, 11) is 0. The van der Waals surface area contributed by atoms with E-state index in [1.807, 2.05) is 0 Å². The maximum atomic E-state index is 11.8. The summed E-state index contributed by atoms with van der Waals surface area (Å²) in [4.78, 5) is 44.8. The van der Waals surface area contributed by atoms with Gasteiger partial charge >= 0.3 is 5.97 Å². The fraction of sp³-hybridized carbons (Fsp3) is 0.636. The molecule has 11 nitrogen and oxygen atoms in total. The van der Waals surface area contributed by atoms with E-state index in [-0.39, 0.29) is 12.8 Å². The third-order valence-corrected chi connectivity index (χ3v) is 2.64. The molecule has 0 heterocycles. The number of amides is 3. The first-order chi connectivity index (χ1) is 10.2. The van der Waals surface area contributed by atoms with E-state index in [0.29, 0.717) is 0 Å². The Hall–Kier alpha value is -2.24. The predicted octanol–water partition coefficient (Wildman–Crippen LogP) is -4.38. The first-order valence-electron chi connectivity index (χ1n) is 6.32. The number of carboxylic acid groups (broad SMARTS) is 1. The van der Waals surface area contributed by atoms with E-state index >= 15 is 0 Å². The van der Waals surface area contributed by atoms with Crippen molar-refractivity contribution >= 4 is 23.7 Å². The summed E-state index contributed by atoms with van der Waals surface area (Å²) in [6.45, 7) is -1.47. The van der Waals surface area contributed by atoms with Crippen molar-refractivity contribution in [1.29, 1.82) is 0 Å². The Labute approximate surface area is 125 Å². The molecule has 0 saturated heterocycles. The quantitative estimate of drug-likeness (QED) is 0.209. The normalized spacial score (nSPS) is 14.5. The molecule has 0 aliphatic rings. The van der Waals surface area contributed by atoms with Crippen molar-refractivity contribution in [3.05, 3.63) is 0 Å². The average molecular weight is 320 g/mol. The molecule has 11 heteroatoms. The number of aliphatic hydroxyl groups is 2. The third-order valence-electron chi connectivity index (χ3n) is 2.64. The van der Waals surface area contributed by atoms with Gasteiger partial charge in [-0.05, 0) is 6.42 Å². The molecular weight excluding hydrogens is 300 g/mol. The second-order valence-corrected chi connectivity index (χ2v) is 4.44. The number of aliphatic carboxylic acids is 1. The van der Waals surface area contributed by atoms with Crippen LogP contribution in [0.3, 0.4) is 0 Å². The number of hydrogen-bond donors (Lipinski definition) is 7. The van der Waals surface area contributed by atoms with Gasteiger partial charge in [-0.25, -0.2) is 4.79 Å². The highest BCUT2D eigenvalue weighted by Crippen LogP contribution is 1.99. The van der Waals surface area contributed by atoms with Gasteiger partial charge in [0, 0.05) is 6.42 Å². The molecule has 0 aromatic carbocycles. The molecule has 0 aliphatic carbocycles. The van der Waals surface area contributed by atoms with Gasteiger partial charge in [0.2, 0.25) is 17.7 Å². The molecule has 9 N–H and O–H groups in total. The number of carboxylic acids is 1. The maximum absolute atomic E-state index is 11.8. The van der Waals surface area contributed by atoms with E-state index < -0.39 is 55.0 Å². The fourth-order valence-electron chi connectivity index (χ4n) is 1.37. The van der Waals surface area contributed by atoms with E-state index in [1.165, 1.54) is 0 Å². The Bertz CT molecular complexity index is 429. The van der Waals surface area contributed by atoms with Crippen molar-refractivity contribution in [1.82, 2.24) is 10.6 Å². The molecule has 0 aromatic rings. The van der Waals surface area contributed by atoms with Gasteiger partial charge in [0.25, 0.3) is 0 Å². The summed E-state index contributed by atoms with van der Waals surface area (Å²) in [6, 6.07) is -4.13. The number of primary amides is 1. The van der Waals surface area contributed by atoms with E-state index in [0.717, 1.165) is 0 Å². The van der Waals surface area contributed by atoms with Gasteiger partial charge < -0.3 is 37.4 Å². The molecule has 0 fully saturated rings. The van der Waals surface area contributed by atoms with Gasteiger partial charge in [-0.15, -0.1) is 0 Å². The number of carbonyl (C=O) groups excluding carboxylic acids is 3. The van der Waals surface area contributed by atoms with Crippen LogP contribution in [0.2, 0.25) is 0 Å². The van der Waals surface area contributed by atoms with Gasteiger partial charge in [-0.1, -0.05) is 0 Å². The van der Waals surface area contributed by atoms with Gasteiger partial charge in [-0.2, -0.15) is 0 Å². The smallest absolute Gasteiger partial charge is 0.326 e. The van der Waals surface area contributed by atoms with Crippen molar-refractivity contribution in [2.75, 3.05) is 13.2 Å². The van der Waals surface area contributed by atoms with Gasteiger partial charge in [0.05, 0.1) is 13.2 Å². The van der Waals surface area contributed by atoms with Crippen molar-refractivity contribution in [3.63, 3.8) is 0 Å². The lowest BCUT2D eigenvalue weighted by atomic mass is 10.1. The zero-order valence-corrected chi connectivity index (χ0v) is 11.7. The fourth-order valence-corrected chi connectivity index (χ4v) is 1.37. The van der Waals surface area contributed by atoms with Gasteiger partial charge in [0.15, 0.2) is 0 Å². The zero-order chi connectivity index (χ0) is 17.3. The molecule has 22 heavy (non-hydrogen) atoms. The van der Waals surface area contributed by atoms with Crippen molar-refractivity contribution < 1.29 is 34.5 Å². The average Bonchev–Trinajstić information content (AvgIpc) is 2.46. The monoisotopic (exact) mass is 320 g/mol. The minimum atomic E-state index is -1.44. The lowest BCUT2D eigenvalue weighted by molar-refractivity contribution is -0.142. The number of nitrogens with one attached hydrogen (secondary N) is 2. The summed E-state index contributed by atoms with van der Waals surface area (Å²) in [5.74, 6) is -4.00. The van der Waals surface area contributed by atoms with Crippen LogP contribution in [0.25, 0.3) is 0 Å². The van der Waals surface area contributed by atoms with Crippen LogP contribution in [0, 0.1) is 0 Å². The molecule has 0 aliphatic heterocycles. The predicted molar refractivity (Wildman–Crippen MR) is 72.1 cm³/mol. The van der Waals surface area contributed by atoms with Crippen LogP contribution >= 0.6 is 0 Å². The van der Waals surface area contributed by atoms with Crippen LogP contribution in [0.1, 0.15) is 12.8 Å². The summed E-state index contributed by atoms with van der Waals surface area (Å²) >= 11 is 0. The van der Waals surface area contributed by atoms with Crippen molar-refractivity contribution in [2.24, 2.45) is 11.5 Å². The van der Waals surface area contributed by atoms with Crippen LogP contribution in [0.15, 0.2) is 0 Å². The van der Waals surface area contributed by atoms with Crippen LogP contribution < -0.4 is 22.1 Å². The molecule has 126 valence electrons. The highest BCUT2D eigenvalue weighted by Gasteiger charge is 2.27. The molecule has 3 unspecified atom stereocenters. The second-order valence-electron chi connectivity index (χ2n) is 4.44. The number of rotatable bonds is 10. The van der Waals surface area contributed by atoms with E-state index in [1.54, 1.807) is 0 Å². The highest BCUT2D eigenvalue weighted by molar-refractivity contribution is 5.92. The largest absolute Gasteiger partial charge is 0.480 e. The summed E-state index contributed by atoms with van der Waals surface area (Å²) in [6.07, 6.45) is -0.499. The topological polar surface area (TPSA) is 205 Å². The molecule has 0 rings (SSSR count). The Balaban J connectivity index is 4.70. The van der Waals surface area contributed by atoms with Crippen LogP contribution in [0.5, 0.6) is 0 Å². The first-order valence-corrected chi connectivity index (χ1v) is 6.32. The SMILES string of the molecule is NC(=O)CCC(NC(=O)C(CO)NC(=O)C(N)CO)C(=O)O. The molecule has 0 spiro atoms. The van der Waals surface area contributed by atoms with Crippen LogP contribution in [-0.4, -0.2) is 70.3 Å². The first kappa shape index (κ1) is 19.8. The van der Waals surface area contributed by atoms with E-state index in [9.17, 15) is 19.2 Å². The zero-order valence-electron chi connectivity index (χ0n) is 11.7. The van der Waals surface area contributed by atoms with Crippen molar-refractivity contribution in [3.8, 4) is 0 Å². The van der Waals surface area contributed by atoms with Gasteiger partial charge in [-0.3, -0.25) is 14.4 Å². The Morgan fingerprint density at radius 2 is 1.50 bits per heavy atom. The summed E-state index contributed by atoms with van der Waals surface area (Å²) < 4.78 is 0. The Morgan fingerprint density at radius 3 is 1.91 bits per heavy atom. The summed E-state index contributed by atoms with van der Waals surface area (Å²) in [5.41, 5.74) is 10.1. The minimum absolute atomic E-state index is 0.237. The Morgan fingerprint density at radius 1 is 0.955 bits per heavy atom. The second kappa shape index (κ2) is 9.65. The van der Waals surface area contributed by atoms with E-state index in [2.05, 4.69) is 10.6 Å². The number of hydrogen-bond acceptors (Lipinski definition) is 7. The molecule has 3 atom stereocenters. The molecular formula is C11H20N4O7. The summed E-state index contributed by atoms with van der Waals surface area (Å²) in [5, 5.41) is 30.8. The molecule has 0 bridgehead atoms.